The van der Waals surface area contributed by atoms with Crippen molar-refractivity contribution in [2.24, 2.45) is 7.05 Å². The van der Waals surface area contributed by atoms with Gasteiger partial charge in [-0.3, -0.25) is 9.59 Å². The quantitative estimate of drug-likeness (QED) is 0.522. The maximum Gasteiger partial charge on any atom is 0.305 e. The molecule has 0 radical (unpaired) electrons. The fourth-order valence-corrected chi connectivity index (χ4v) is 2.53. The van der Waals surface area contributed by atoms with Crippen LogP contribution in [0, 0.1) is 0 Å². The molecular weight excluding hydrogens is 306 g/mol. The van der Waals surface area contributed by atoms with Crippen molar-refractivity contribution < 1.29 is 14.3 Å². The Morgan fingerprint density at radius 3 is 2.54 bits per heavy atom. The molecule has 5 heteroatoms. The van der Waals surface area contributed by atoms with Crippen molar-refractivity contribution in [2.75, 3.05) is 13.2 Å². The van der Waals surface area contributed by atoms with Gasteiger partial charge in [-0.1, -0.05) is 19.1 Å². The molecule has 0 aliphatic rings. The number of hydrogen-bond donors (Lipinski definition) is 0. The Morgan fingerprint density at radius 2 is 1.79 bits per heavy atom. The van der Waals surface area contributed by atoms with Crippen molar-refractivity contribution >= 4 is 16.9 Å². The second-order valence-corrected chi connectivity index (χ2v) is 5.76. The van der Waals surface area contributed by atoms with E-state index in [-0.39, 0.29) is 11.5 Å². The summed E-state index contributed by atoms with van der Waals surface area (Å²) in [6.07, 6.45) is 4.22. The lowest BCUT2D eigenvalue weighted by molar-refractivity contribution is -0.143. The van der Waals surface area contributed by atoms with E-state index < -0.39 is 0 Å². The summed E-state index contributed by atoms with van der Waals surface area (Å²) in [5.41, 5.74) is 0.805. The molecule has 2 rings (SSSR count). The van der Waals surface area contributed by atoms with Crippen molar-refractivity contribution in [3.8, 4) is 5.75 Å². The topological polar surface area (TPSA) is 57.5 Å². The van der Waals surface area contributed by atoms with Crippen LogP contribution >= 0.6 is 0 Å². The third kappa shape index (κ3) is 4.85. The molecule has 24 heavy (non-hydrogen) atoms. The first kappa shape index (κ1) is 18.0. The predicted octanol–water partition coefficient (Wildman–Crippen LogP) is 3.43. The van der Waals surface area contributed by atoms with Crippen LogP contribution in [0.2, 0.25) is 0 Å². The van der Waals surface area contributed by atoms with Gasteiger partial charge in [0, 0.05) is 24.9 Å². The number of nitrogens with zero attached hydrogens (tertiary/aromatic N) is 1. The van der Waals surface area contributed by atoms with Crippen molar-refractivity contribution in [2.45, 2.75) is 39.0 Å². The van der Waals surface area contributed by atoms with E-state index in [0.717, 1.165) is 36.6 Å². The summed E-state index contributed by atoms with van der Waals surface area (Å²) in [4.78, 5) is 23.0. The molecular formula is C19H25NO4. The zero-order chi connectivity index (χ0) is 17.4. The van der Waals surface area contributed by atoms with Gasteiger partial charge in [0.1, 0.15) is 5.75 Å². The summed E-state index contributed by atoms with van der Waals surface area (Å²) in [6, 6.07) is 9.29. The molecule has 0 saturated heterocycles. The number of carbonyl (C=O) groups is 1. The van der Waals surface area contributed by atoms with Gasteiger partial charge >= 0.3 is 5.97 Å². The van der Waals surface area contributed by atoms with E-state index in [1.807, 2.05) is 24.3 Å². The maximum atomic E-state index is 12.0. The average molecular weight is 331 g/mol. The Kier molecular flexibility index (Phi) is 6.85. The number of esters is 1. The van der Waals surface area contributed by atoms with Crippen LogP contribution in [0.1, 0.15) is 39.0 Å². The van der Waals surface area contributed by atoms with Crippen LogP contribution in [0.5, 0.6) is 5.75 Å². The summed E-state index contributed by atoms with van der Waals surface area (Å²) in [7, 11) is 1.76. The fourth-order valence-electron chi connectivity index (χ4n) is 2.53. The van der Waals surface area contributed by atoms with E-state index in [2.05, 4.69) is 0 Å². The van der Waals surface area contributed by atoms with Gasteiger partial charge in [0.05, 0.1) is 18.7 Å². The third-order valence-corrected chi connectivity index (χ3v) is 3.96. The number of rotatable bonds is 9. The van der Waals surface area contributed by atoms with Crippen LogP contribution in [-0.4, -0.2) is 23.8 Å². The number of unbranched alkanes of at least 4 members (excludes halogenated alkanes) is 3. The number of pyridine rings is 1. The average Bonchev–Trinajstić information content (AvgIpc) is 2.61. The van der Waals surface area contributed by atoms with Gasteiger partial charge in [0.2, 0.25) is 0 Å². The SMILES string of the molecule is CCC(=O)OCCCCCCOc1cc(=O)n(C)c2ccccc12. The highest BCUT2D eigenvalue weighted by atomic mass is 16.5. The lowest BCUT2D eigenvalue weighted by Crippen LogP contribution is -2.16. The van der Waals surface area contributed by atoms with Crippen molar-refractivity contribution in [1.82, 2.24) is 4.57 Å². The molecule has 0 unspecified atom stereocenters. The molecule has 0 saturated carbocycles. The van der Waals surface area contributed by atoms with E-state index in [0.29, 0.717) is 25.4 Å². The van der Waals surface area contributed by atoms with Gasteiger partial charge in [-0.2, -0.15) is 0 Å². The summed E-state index contributed by atoms with van der Waals surface area (Å²) in [5, 5.41) is 0.950. The summed E-state index contributed by atoms with van der Waals surface area (Å²) in [5.74, 6) is 0.501. The zero-order valence-electron chi connectivity index (χ0n) is 14.4. The van der Waals surface area contributed by atoms with Gasteiger partial charge in [-0.15, -0.1) is 0 Å². The molecule has 2 aromatic rings. The Bertz CT molecular complexity index is 736. The largest absolute Gasteiger partial charge is 0.493 e. The van der Waals surface area contributed by atoms with Crippen LogP contribution < -0.4 is 10.3 Å². The minimum absolute atomic E-state index is 0.0681. The summed E-state index contributed by atoms with van der Waals surface area (Å²) in [6.45, 7) is 2.86. The second-order valence-electron chi connectivity index (χ2n) is 5.76. The minimum Gasteiger partial charge on any atom is -0.493 e. The molecule has 0 aliphatic heterocycles. The molecule has 0 atom stereocenters. The zero-order valence-corrected chi connectivity index (χ0v) is 14.4. The first-order valence-electron chi connectivity index (χ1n) is 8.50. The Morgan fingerprint density at radius 1 is 1.08 bits per heavy atom. The highest BCUT2D eigenvalue weighted by molar-refractivity contribution is 5.85. The monoisotopic (exact) mass is 331 g/mol. The fraction of sp³-hybridized carbons (Fsp3) is 0.474. The molecule has 0 bridgehead atoms. The summed E-state index contributed by atoms with van der Waals surface area (Å²) >= 11 is 0. The van der Waals surface area contributed by atoms with E-state index in [9.17, 15) is 9.59 Å². The van der Waals surface area contributed by atoms with Gasteiger partial charge in [0.15, 0.2) is 0 Å². The summed E-state index contributed by atoms with van der Waals surface area (Å²) < 4.78 is 12.5. The van der Waals surface area contributed by atoms with Crippen molar-refractivity contribution in [3.63, 3.8) is 0 Å². The molecule has 1 aromatic heterocycles. The standard InChI is InChI=1S/C19H25NO4/c1-3-19(22)24-13-9-5-4-8-12-23-17-14-18(21)20(2)16-11-7-6-10-15(16)17/h6-7,10-11,14H,3-5,8-9,12-13H2,1-2H3. The molecule has 1 heterocycles. The van der Waals surface area contributed by atoms with Crippen LogP contribution in [0.4, 0.5) is 0 Å². The lowest BCUT2D eigenvalue weighted by Gasteiger charge is -2.11. The third-order valence-electron chi connectivity index (χ3n) is 3.96. The molecule has 1 aromatic carbocycles. The Balaban J connectivity index is 1.77. The molecule has 0 fully saturated rings. The smallest absolute Gasteiger partial charge is 0.305 e. The number of hydrogen-bond acceptors (Lipinski definition) is 4. The second kappa shape index (κ2) is 9.11. The molecule has 0 amide bonds. The highest BCUT2D eigenvalue weighted by Gasteiger charge is 2.07. The predicted molar refractivity (Wildman–Crippen MR) is 94.4 cm³/mol. The number of benzene rings is 1. The van der Waals surface area contributed by atoms with E-state index in [1.54, 1.807) is 24.6 Å². The van der Waals surface area contributed by atoms with Crippen LogP contribution in [0.15, 0.2) is 35.1 Å². The van der Waals surface area contributed by atoms with Gasteiger partial charge in [0.25, 0.3) is 5.56 Å². The Labute approximate surface area is 142 Å². The first-order chi connectivity index (χ1) is 11.6. The Hall–Kier alpha value is -2.30. The van der Waals surface area contributed by atoms with Crippen LogP contribution in [0.3, 0.4) is 0 Å². The van der Waals surface area contributed by atoms with Gasteiger partial charge in [-0.05, 0) is 37.8 Å². The van der Waals surface area contributed by atoms with E-state index in [4.69, 9.17) is 9.47 Å². The molecule has 130 valence electrons. The van der Waals surface area contributed by atoms with Crippen molar-refractivity contribution in [3.05, 3.63) is 40.7 Å². The van der Waals surface area contributed by atoms with Gasteiger partial charge < -0.3 is 14.0 Å². The van der Waals surface area contributed by atoms with Crippen LogP contribution in [-0.2, 0) is 16.6 Å². The number of para-hydroxylation sites is 1. The van der Waals surface area contributed by atoms with Gasteiger partial charge in [-0.25, -0.2) is 0 Å². The van der Waals surface area contributed by atoms with Crippen LogP contribution in [0.25, 0.3) is 10.9 Å². The minimum atomic E-state index is -0.143. The number of fused-ring (bicyclic) bond motifs is 1. The molecule has 5 nitrogen and oxygen atoms in total. The number of carbonyl (C=O) groups excluding carboxylic acids is 1. The number of ether oxygens (including phenoxy) is 2. The first-order valence-corrected chi connectivity index (χ1v) is 8.50. The number of aromatic nitrogens is 1. The maximum absolute atomic E-state index is 12.0. The molecule has 0 N–H and O–H groups in total. The lowest BCUT2D eigenvalue weighted by atomic mass is 10.2. The highest BCUT2D eigenvalue weighted by Crippen LogP contribution is 2.23. The van der Waals surface area contributed by atoms with Crippen molar-refractivity contribution in [1.29, 1.82) is 0 Å². The molecule has 0 aliphatic carbocycles. The molecule has 0 spiro atoms. The van der Waals surface area contributed by atoms with E-state index in [1.165, 1.54) is 0 Å². The van der Waals surface area contributed by atoms with E-state index >= 15 is 0 Å². The number of aryl methyl sites for hydroxylation is 1. The normalized spacial score (nSPS) is 10.8.